The van der Waals surface area contributed by atoms with Gasteiger partial charge in [0.1, 0.15) is 0 Å². The van der Waals surface area contributed by atoms with Crippen LogP contribution >= 0.6 is 11.6 Å². The minimum atomic E-state index is 0. The van der Waals surface area contributed by atoms with E-state index in [1.54, 1.807) is 0 Å². The number of halogens is 1. The molecule has 0 aliphatic rings. The van der Waals surface area contributed by atoms with E-state index < -0.39 is 0 Å². The SMILES string of the molecule is [Ag+].[C-]#CCl. The normalized spacial score (nSPS) is 2.00. The van der Waals surface area contributed by atoms with Crippen LogP contribution in [-0.2, 0) is 22.4 Å². The first-order chi connectivity index (χ1) is 1.41. The molecule has 0 rings (SSSR count). The van der Waals surface area contributed by atoms with Crippen LogP contribution in [0.3, 0.4) is 0 Å². The van der Waals surface area contributed by atoms with E-state index in [0.717, 1.165) is 0 Å². The van der Waals surface area contributed by atoms with Crippen LogP contribution in [0.2, 0.25) is 0 Å². The summed E-state index contributed by atoms with van der Waals surface area (Å²) in [5, 5.41) is 1.47. The van der Waals surface area contributed by atoms with Crippen molar-refractivity contribution in [3.05, 3.63) is 6.42 Å². The molecule has 0 aromatic carbocycles. The van der Waals surface area contributed by atoms with E-state index in [4.69, 9.17) is 6.42 Å². The number of hydrogen-bond acceptors (Lipinski definition) is 0. The summed E-state index contributed by atoms with van der Waals surface area (Å²) in [6.07, 6.45) is 5.72. The third-order valence-corrected chi connectivity index (χ3v) is 0. The topological polar surface area (TPSA) is 0 Å². The van der Waals surface area contributed by atoms with Gasteiger partial charge >= 0.3 is 22.4 Å². The Morgan fingerprint density at radius 2 is 1.75 bits per heavy atom. The van der Waals surface area contributed by atoms with E-state index in [1.165, 1.54) is 5.38 Å². The van der Waals surface area contributed by atoms with E-state index >= 15 is 0 Å². The molecule has 0 nitrogen and oxygen atoms in total. The number of rotatable bonds is 0. The van der Waals surface area contributed by atoms with Crippen LogP contribution in [0.1, 0.15) is 0 Å². The second-order valence-electron chi connectivity index (χ2n) is 0.0945. The zero-order chi connectivity index (χ0) is 2.71. The molecule has 0 bridgehead atoms. The van der Waals surface area contributed by atoms with Gasteiger partial charge in [0.2, 0.25) is 0 Å². The zero-order valence-electron chi connectivity index (χ0n) is 1.68. The third-order valence-electron chi connectivity index (χ3n) is 0. The van der Waals surface area contributed by atoms with Gasteiger partial charge in [0.15, 0.2) is 0 Å². The Balaban J connectivity index is 0. The Morgan fingerprint density at radius 1 is 1.75 bits per heavy atom. The van der Waals surface area contributed by atoms with Crippen molar-refractivity contribution < 1.29 is 22.4 Å². The molecule has 0 aliphatic heterocycles. The molecule has 4 heavy (non-hydrogen) atoms. The van der Waals surface area contributed by atoms with Gasteiger partial charge in [-0.2, -0.15) is 0 Å². The van der Waals surface area contributed by atoms with Crippen molar-refractivity contribution in [1.82, 2.24) is 0 Å². The van der Waals surface area contributed by atoms with Gasteiger partial charge in [-0.15, -0.1) is 0 Å². The Labute approximate surface area is 46.0 Å². The van der Waals surface area contributed by atoms with Crippen molar-refractivity contribution in [3.8, 4) is 5.38 Å². The molecule has 0 saturated heterocycles. The van der Waals surface area contributed by atoms with Gasteiger partial charge in [-0.05, 0) is 0 Å². The Bertz CT molecular complexity index is 27.5. The summed E-state index contributed by atoms with van der Waals surface area (Å²) < 4.78 is 0. The fourth-order valence-electron chi connectivity index (χ4n) is 0. The summed E-state index contributed by atoms with van der Waals surface area (Å²) >= 11 is 4.42. The van der Waals surface area contributed by atoms with Crippen molar-refractivity contribution >= 4 is 11.6 Å². The molecule has 0 aromatic rings. The maximum atomic E-state index is 5.72. The van der Waals surface area contributed by atoms with Gasteiger partial charge in [-0.1, -0.05) is 11.6 Å². The Hall–Kier alpha value is 0.590. The maximum absolute atomic E-state index is 5.72. The molecule has 26 valence electrons. The average Bonchev–Trinajstić information content (AvgIpc) is 0.918. The zero-order valence-corrected chi connectivity index (χ0v) is 3.92. The first-order valence-corrected chi connectivity index (χ1v) is 0.817. The molecule has 0 amide bonds. The van der Waals surface area contributed by atoms with E-state index in [2.05, 4.69) is 11.6 Å². The second-order valence-corrected chi connectivity index (χ2v) is 0.283. The quantitative estimate of drug-likeness (QED) is 0.284. The van der Waals surface area contributed by atoms with Gasteiger partial charge in [-0.25, -0.2) is 0 Å². The van der Waals surface area contributed by atoms with E-state index in [9.17, 15) is 0 Å². The van der Waals surface area contributed by atoms with Crippen molar-refractivity contribution in [2.45, 2.75) is 0 Å². The predicted molar refractivity (Wildman–Crippen MR) is 13.0 cm³/mol. The van der Waals surface area contributed by atoms with Crippen molar-refractivity contribution in [3.63, 3.8) is 0 Å². The van der Waals surface area contributed by atoms with E-state index in [1.807, 2.05) is 0 Å². The standard InChI is InChI=1S/C2Cl.Ag/c1-2-3;/q-1;+1. The summed E-state index contributed by atoms with van der Waals surface area (Å²) in [6.45, 7) is 0. The molecule has 0 spiro atoms. The van der Waals surface area contributed by atoms with Crippen LogP contribution in [0.15, 0.2) is 0 Å². The van der Waals surface area contributed by atoms with Crippen LogP contribution in [0.5, 0.6) is 0 Å². The molecule has 0 N–H and O–H groups in total. The van der Waals surface area contributed by atoms with Crippen LogP contribution in [0.4, 0.5) is 0 Å². The summed E-state index contributed by atoms with van der Waals surface area (Å²) in [5.41, 5.74) is 0. The van der Waals surface area contributed by atoms with Crippen LogP contribution in [0.25, 0.3) is 0 Å². The van der Waals surface area contributed by atoms with Gasteiger partial charge in [0.05, 0.1) is 0 Å². The van der Waals surface area contributed by atoms with Crippen LogP contribution in [0, 0.1) is 11.8 Å². The van der Waals surface area contributed by atoms with Crippen molar-refractivity contribution in [2.24, 2.45) is 0 Å². The summed E-state index contributed by atoms with van der Waals surface area (Å²) in [4.78, 5) is 0. The fourth-order valence-corrected chi connectivity index (χ4v) is 0. The van der Waals surface area contributed by atoms with Crippen LogP contribution in [-0.4, -0.2) is 0 Å². The molecule has 0 radical (unpaired) electrons. The minimum absolute atomic E-state index is 0. The van der Waals surface area contributed by atoms with Gasteiger partial charge in [-0.3, -0.25) is 5.38 Å². The van der Waals surface area contributed by atoms with Gasteiger partial charge < -0.3 is 6.42 Å². The summed E-state index contributed by atoms with van der Waals surface area (Å²) in [7, 11) is 0. The predicted octanol–water partition coefficient (Wildman–Crippen LogP) is 0.770. The molecule has 0 aromatic heterocycles. The van der Waals surface area contributed by atoms with Crippen molar-refractivity contribution in [2.75, 3.05) is 0 Å². The first-order valence-electron chi connectivity index (χ1n) is 0.439. The first kappa shape index (κ1) is 8.82. The summed E-state index contributed by atoms with van der Waals surface area (Å²) in [5.74, 6) is 0. The molecule has 0 saturated carbocycles. The largest absolute Gasteiger partial charge is 1.00 e. The molecule has 0 aliphatic carbocycles. The Morgan fingerprint density at radius 3 is 1.75 bits per heavy atom. The molecule has 0 heterocycles. The molecular formula is C2AgCl. The average molecular weight is 167 g/mol. The molecule has 0 atom stereocenters. The molecule has 2 heteroatoms. The number of hydrogen-bond donors (Lipinski definition) is 0. The monoisotopic (exact) mass is 166 g/mol. The molecule has 0 unspecified atom stereocenters. The van der Waals surface area contributed by atoms with E-state index in [0.29, 0.717) is 0 Å². The molecular weight excluding hydrogens is 167 g/mol. The smallest absolute Gasteiger partial charge is 0.675 e. The third kappa shape index (κ3) is 18.8. The summed E-state index contributed by atoms with van der Waals surface area (Å²) in [6, 6.07) is 0. The molecule has 0 fully saturated rings. The van der Waals surface area contributed by atoms with Gasteiger partial charge in [0.25, 0.3) is 0 Å². The van der Waals surface area contributed by atoms with E-state index in [-0.39, 0.29) is 22.4 Å². The maximum Gasteiger partial charge on any atom is 1.00 e. The van der Waals surface area contributed by atoms with Crippen LogP contribution < -0.4 is 0 Å². The second kappa shape index (κ2) is 9.53. The minimum Gasteiger partial charge on any atom is -0.675 e. The fraction of sp³-hybridized carbons (Fsp3) is 0. The Kier molecular flexibility index (Phi) is 21.0. The van der Waals surface area contributed by atoms with Crippen molar-refractivity contribution in [1.29, 1.82) is 0 Å². The van der Waals surface area contributed by atoms with Gasteiger partial charge in [0, 0.05) is 0 Å².